The predicted molar refractivity (Wildman–Crippen MR) is 149 cm³/mol. The number of carboxylic acid groups (broad SMARTS) is 1. The van der Waals surface area contributed by atoms with Crippen LogP contribution in [0.15, 0.2) is 36.4 Å². The zero-order valence-electron chi connectivity index (χ0n) is 23.4. The average molecular weight is 509 g/mol. The minimum absolute atomic E-state index is 0.0492. The Balaban J connectivity index is 2.27. The summed E-state index contributed by atoms with van der Waals surface area (Å²) in [5, 5.41) is 29.4. The second-order valence-corrected chi connectivity index (χ2v) is 10.0. The molecule has 202 valence electrons. The molecule has 0 heterocycles. The molecule has 0 aliphatic carbocycles. The van der Waals surface area contributed by atoms with E-state index in [1.54, 1.807) is 0 Å². The van der Waals surface area contributed by atoms with E-state index in [0.29, 0.717) is 25.7 Å². The van der Waals surface area contributed by atoms with Crippen molar-refractivity contribution in [3.63, 3.8) is 0 Å². The maximum Gasteiger partial charge on any atom is 0.303 e. The standard InChI is InChI=1S/C32H44O5/c1-7-31(36,8-2)19-18-25-14-15-26(20-23(25)5)32(9-3,10-4)27-16-17-29(24(6)21-27)37-22-28(33)12-11-13-30(34)35/h14-17,20-21,28,33,36H,7-13,22H2,1-6H3,(H,34,35). The van der Waals surface area contributed by atoms with Gasteiger partial charge in [0.1, 0.15) is 18.0 Å². The van der Waals surface area contributed by atoms with E-state index in [-0.39, 0.29) is 18.4 Å². The van der Waals surface area contributed by atoms with Crippen molar-refractivity contribution in [2.24, 2.45) is 0 Å². The summed E-state index contributed by atoms with van der Waals surface area (Å²) in [5.41, 5.74) is 4.38. The molecule has 0 saturated heterocycles. The van der Waals surface area contributed by atoms with Gasteiger partial charge in [-0.25, -0.2) is 0 Å². The Morgan fingerprint density at radius 2 is 1.54 bits per heavy atom. The Hall–Kier alpha value is -2.81. The van der Waals surface area contributed by atoms with Crippen LogP contribution in [0.4, 0.5) is 0 Å². The average Bonchev–Trinajstić information content (AvgIpc) is 2.88. The molecule has 2 aromatic carbocycles. The van der Waals surface area contributed by atoms with Crippen LogP contribution >= 0.6 is 0 Å². The van der Waals surface area contributed by atoms with Gasteiger partial charge in [-0.3, -0.25) is 4.79 Å². The fourth-order valence-electron chi connectivity index (χ4n) is 4.81. The van der Waals surface area contributed by atoms with Gasteiger partial charge in [0.05, 0.1) is 6.10 Å². The van der Waals surface area contributed by atoms with Gasteiger partial charge >= 0.3 is 5.97 Å². The molecular weight excluding hydrogens is 464 g/mol. The van der Waals surface area contributed by atoms with Gasteiger partial charge in [-0.05, 0) is 86.8 Å². The molecule has 2 aromatic rings. The first-order chi connectivity index (χ1) is 17.5. The highest BCUT2D eigenvalue weighted by molar-refractivity contribution is 5.66. The molecule has 0 spiro atoms. The highest BCUT2D eigenvalue weighted by Gasteiger charge is 2.31. The summed E-state index contributed by atoms with van der Waals surface area (Å²) in [6.07, 6.45) is 3.24. The van der Waals surface area contributed by atoms with E-state index in [4.69, 9.17) is 9.84 Å². The normalized spacial score (nSPS) is 12.5. The number of aryl methyl sites for hydroxylation is 2. The van der Waals surface area contributed by atoms with E-state index in [1.807, 2.05) is 26.8 Å². The molecule has 1 atom stereocenters. The molecule has 0 aliphatic rings. The number of hydrogen-bond donors (Lipinski definition) is 3. The molecule has 0 radical (unpaired) electrons. The zero-order chi connectivity index (χ0) is 27.6. The molecule has 5 heteroatoms. The van der Waals surface area contributed by atoms with Crippen molar-refractivity contribution >= 4 is 5.97 Å². The van der Waals surface area contributed by atoms with E-state index in [0.717, 1.165) is 35.3 Å². The first-order valence-electron chi connectivity index (χ1n) is 13.5. The largest absolute Gasteiger partial charge is 0.491 e. The molecule has 3 N–H and O–H groups in total. The van der Waals surface area contributed by atoms with Gasteiger partial charge in [-0.15, -0.1) is 0 Å². The fourth-order valence-corrected chi connectivity index (χ4v) is 4.81. The summed E-state index contributed by atoms with van der Waals surface area (Å²) in [6, 6.07) is 12.7. The van der Waals surface area contributed by atoms with Crippen LogP contribution in [0, 0.1) is 25.7 Å². The van der Waals surface area contributed by atoms with E-state index in [1.165, 1.54) is 11.1 Å². The number of benzene rings is 2. The summed E-state index contributed by atoms with van der Waals surface area (Å²) < 4.78 is 5.87. The Labute approximate surface area is 222 Å². The van der Waals surface area contributed by atoms with Gasteiger partial charge in [-0.2, -0.15) is 0 Å². The number of aliphatic carboxylic acids is 1. The summed E-state index contributed by atoms with van der Waals surface area (Å²) >= 11 is 0. The van der Waals surface area contributed by atoms with Gasteiger partial charge in [-0.1, -0.05) is 63.8 Å². The maximum atomic E-state index is 10.7. The minimum atomic E-state index is -0.947. The van der Waals surface area contributed by atoms with Gasteiger partial charge < -0.3 is 20.1 Å². The van der Waals surface area contributed by atoms with Crippen LogP contribution in [0.25, 0.3) is 0 Å². The van der Waals surface area contributed by atoms with Crippen LogP contribution < -0.4 is 4.74 Å². The van der Waals surface area contributed by atoms with Gasteiger partial charge in [0, 0.05) is 17.4 Å². The monoisotopic (exact) mass is 508 g/mol. The first kappa shape index (κ1) is 30.4. The third kappa shape index (κ3) is 7.84. The number of carbonyl (C=O) groups is 1. The number of carboxylic acids is 1. The van der Waals surface area contributed by atoms with E-state index in [9.17, 15) is 15.0 Å². The van der Waals surface area contributed by atoms with Gasteiger partial charge in [0.15, 0.2) is 0 Å². The van der Waals surface area contributed by atoms with Crippen molar-refractivity contribution in [1.82, 2.24) is 0 Å². The zero-order valence-corrected chi connectivity index (χ0v) is 23.4. The third-order valence-electron chi connectivity index (χ3n) is 7.67. The van der Waals surface area contributed by atoms with Crippen LogP contribution in [0.3, 0.4) is 0 Å². The summed E-state index contributed by atoms with van der Waals surface area (Å²) in [7, 11) is 0. The quantitative estimate of drug-likeness (QED) is 0.276. The maximum absolute atomic E-state index is 10.7. The molecule has 2 rings (SSSR count). The second-order valence-electron chi connectivity index (χ2n) is 10.0. The van der Waals surface area contributed by atoms with Crippen molar-refractivity contribution in [3.05, 3.63) is 64.2 Å². The van der Waals surface area contributed by atoms with E-state index in [2.05, 4.69) is 62.9 Å². The Morgan fingerprint density at radius 3 is 2.05 bits per heavy atom. The number of aliphatic hydroxyl groups is 2. The molecule has 5 nitrogen and oxygen atoms in total. The highest BCUT2D eigenvalue weighted by atomic mass is 16.5. The molecule has 0 aliphatic heterocycles. The lowest BCUT2D eigenvalue weighted by Gasteiger charge is -2.34. The van der Waals surface area contributed by atoms with Crippen LogP contribution in [-0.2, 0) is 10.2 Å². The molecule has 0 fully saturated rings. The molecule has 0 saturated carbocycles. The molecule has 0 aromatic heterocycles. The number of ether oxygens (including phenoxy) is 1. The first-order valence-corrected chi connectivity index (χ1v) is 13.5. The van der Waals surface area contributed by atoms with Crippen LogP contribution in [0.5, 0.6) is 5.75 Å². The van der Waals surface area contributed by atoms with Crippen molar-refractivity contribution in [2.75, 3.05) is 6.61 Å². The topological polar surface area (TPSA) is 87.0 Å². The lowest BCUT2D eigenvalue weighted by Crippen LogP contribution is -2.26. The van der Waals surface area contributed by atoms with E-state index < -0.39 is 17.7 Å². The summed E-state index contributed by atoms with van der Waals surface area (Å²) in [5.74, 6) is 6.14. The van der Waals surface area contributed by atoms with Crippen molar-refractivity contribution in [2.45, 2.75) is 104 Å². The molecule has 0 amide bonds. The molecule has 0 bridgehead atoms. The minimum Gasteiger partial charge on any atom is -0.491 e. The predicted octanol–water partition coefficient (Wildman–Crippen LogP) is 6.31. The SMILES string of the molecule is CCC(O)(C#Cc1ccc(C(CC)(CC)c2ccc(OCC(O)CCCC(=O)O)c(C)c2)cc1C)CC. The summed E-state index contributed by atoms with van der Waals surface area (Å²) in [4.78, 5) is 10.7. The lowest BCUT2D eigenvalue weighted by atomic mass is 9.70. The van der Waals surface area contributed by atoms with E-state index >= 15 is 0 Å². The Kier molecular flexibility index (Phi) is 11.2. The highest BCUT2D eigenvalue weighted by Crippen LogP contribution is 2.41. The lowest BCUT2D eigenvalue weighted by molar-refractivity contribution is -0.137. The third-order valence-corrected chi connectivity index (χ3v) is 7.67. The van der Waals surface area contributed by atoms with Crippen molar-refractivity contribution in [1.29, 1.82) is 0 Å². The van der Waals surface area contributed by atoms with Crippen LogP contribution in [0.1, 0.15) is 100 Å². The van der Waals surface area contributed by atoms with Crippen molar-refractivity contribution < 1.29 is 24.9 Å². The molecular formula is C32H44O5. The summed E-state index contributed by atoms with van der Waals surface area (Å²) in [6.45, 7) is 12.6. The fraction of sp³-hybridized carbons (Fsp3) is 0.531. The van der Waals surface area contributed by atoms with Gasteiger partial charge in [0.25, 0.3) is 0 Å². The van der Waals surface area contributed by atoms with Crippen LogP contribution in [-0.4, -0.2) is 39.6 Å². The molecule has 37 heavy (non-hydrogen) atoms. The Bertz CT molecular complexity index is 1100. The number of aliphatic hydroxyl groups excluding tert-OH is 1. The van der Waals surface area contributed by atoms with Crippen molar-refractivity contribution in [3.8, 4) is 17.6 Å². The van der Waals surface area contributed by atoms with Crippen LogP contribution in [0.2, 0.25) is 0 Å². The van der Waals surface area contributed by atoms with Gasteiger partial charge in [0.2, 0.25) is 0 Å². The number of hydrogen-bond acceptors (Lipinski definition) is 4. The second kappa shape index (κ2) is 13.7. The Morgan fingerprint density at radius 1 is 0.946 bits per heavy atom. The molecule has 1 unspecified atom stereocenters. The smallest absolute Gasteiger partial charge is 0.303 e. The number of rotatable bonds is 13.